The van der Waals surface area contributed by atoms with Crippen molar-refractivity contribution in [3.63, 3.8) is 0 Å². The summed E-state index contributed by atoms with van der Waals surface area (Å²) in [6.07, 6.45) is 3.87. The maximum atomic E-state index is 12.0. The summed E-state index contributed by atoms with van der Waals surface area (Å²) >= 11 is 0. The van der Waals surface area contributed by atoms with Gasteiger partial charge in [0, 0.05) is 30.8 Å². The fourth-order valence-corrected chi connectivity index (χ4v) is 2.68. The van der Waals surface area contributed by atoms with Gasteiger partial charge >= 0.3 is 0 Å². The van der Waals surface area contributed by atoms with Crippen LogP contribution >= 0.6 is 0 Å². The molecule has 4 rings (SSSR count). The van der Waals surface area contributed by atoms with Crippen LogP contribution < -0.4 is 5.73 Å². The first-order valence-electron chi connectivity index (χ1n) is 7.62. The van der Waals surface area contributed by atoms with Gasteiger partial charge in [-0.3, -0.25) is 4.98 Å². The van der Waals surface area contributed by atoms with Crippen molar-refractivity contribution in [1.82, 2.24) is 14.5 Å². The van der Waals surface area contributed by atoms with Gasteiger partial charge < -0.3 is 10.3 Å². The van der Waals surface area contributed by atoms with Crippen molar-refractivity contribution in [2.24, 2.45) is 5.73 Å². The highest BCUT2D eigenvalue weighted by Crippen LogP contribution is 2.21. The van der Waals surface area contributed by atoms with E-state index in [1.165, 1.54) is 5.52 Å². The lowest BCUT2D eigenvalue weighted by atomic mass is 10.1. The molecule has 0 saturated heterocycles. The highest BCUT2D eigenvalue weighted by atomic mass is 19.2. The van der Waals surface area contributed by atoms with Gasteiger partial charge in [-0.05, 0) is 31.5 Å². The number of nitrogens with zero attached hydrogens (tertiary/aromatic N) is 3. The molecule has 4 nitrogen and oxygen atoms in total. The van der Waals surface area contributed by atoms with Gasteiger partial charge in [0.05, 0.1) is 11.7 Å². The Hall–Kier alpha value is -2.41. The SMILES string of the molecule is Cc1cc2c(cn1)nc1n2C[C@H](N)CC1.Fc1ccc(F)c(F)c1. The van der Waals surface area contributed by atoms with Crippen molar-refractivity contribution < 1.29 is 13.2 Å². The lowest BCUT2D eigenvalue weighted by Gasteiger charge is -2.20. The van der Waals surface area contributed by atoms with E-state index in [1.54, 1.807) is 0 Å². The Balaban J connectivity index is 0.000000162. The molecule has 0 aliphatic carbocycles. The maximum absolute atomic E-state index is 12.0. The number of aryl methyl sites for hydroxylation is 2. The fourth-order valence-electron chi connectivity index (χ4n) is 2.68. The predicted molar refractivity (Wildman–Crippen MR) is 84.9 cm³/mol. The first-order chi connectivity index (χ1) is 11.4. The Morgan fingerprint density at radius 2 is 1.96 bits per heavy atom. The molecular weight excluding hydrogens is 317 g/mol. The average Bonchev–Trinajstić information content (AvgIpc) is 2.89. The van der Waals surface area contributed by atoms with Gasteiger partial charge in [0.15, 0.2) is 11.6 Å². The minimum Gasteiger partial charge on any atom is -0.326 e. The first kappa shape index (κ1) is 16.4. The third-order valence-electron chi connectivity index (χ3n) is 3.89. The molecule has 1 atom stereocenters. The Labute approximate surface area is 137 Å². The Morgan fingerprint density at radius 3 is 2.67 bits per heavy atom. The van der Waals surface area contributed by atoms with Crippen molar-refractivity contribution in [2.75, 3.05) is 0 Å². The van der Waals surface area contributed by atoms with E-state index in [2.05, 4.69) is 20.6 Å². The summed E-state index contributed by atoms with van der Waals surface area (Å²) in [5.74, 6) is -1.81. The zero-order chi connectivity index (χ0) is 17.3. The molecule has 0 bridgehead atoms. The molecular formula is C17H17F3N4. The van der Waals surface area contributed by atoms with Crippen LogP contribution in [0.1, 0.15) is 17.9 Å². The van der Waals surface area contributed by atoms with Crippen molar-refractivity contribution in [3.8, 4) is 0 Å². The number of fused-ring (bicyclic) bond motifs is 3. The summed E-state index contributed by atoms with van der Waals surface area (Å²) < 4.78 is 38.1. The van der Waals surface area contributed by atoms with Crippen molar-refractivity contribution in [1.29, 1.82) is 0 Å². The number of pyridine rings is 1. The highest BCUT2D eigenvalue weighted by Gasteiger charge is 2.19. The van der Waals surface area contributed by atoms with Gasteiger partial charge in [-0.1, -0.05) is 0 Å². The average molecular weight is 334 g/mol. The number of hydrogen-bond acceptors (Lipinski definition) is 3. The molecule has 0 radical (unpaired) electrons. The number of rotatable bonds is 0. The minimum absolute atomic E-state index is 0.267. The van der Waals surface area contributed by atoms with Crippen LogP contribution in [0.25, 0.3) is 11.0 Å². The van der Waals surface area contributed by atoms with Crippen molar-refractivity contribution in [3.05, 3.63) is 59.4 Å². The third-order valence-corrected chi connectivity index (χ3v) is 3.89. The summed E-state index contributed by atoms with van der Waals surface area (Å²) in [7, 11) is 0. The smallest absolute Gasteiger partial charge is 0.161 e. The molecule has 0 saturated carbocycles. The molecule has 2 aromatic heterocycles. The Bertz CT molecular complexity index is 876. The van der Waals surface area contributed by atoms with E-state index in [0.29, 0.717) is 6.07 Å². The van der Waals surface area contributed by atoms with Crippen molar-refractivity contribution in [2.45, 2.75) is 32.4 Å². The minimum atomic E-state index is -1.16. The summed E-state index contributed by atoms with van der Waals surface area (Å²) in [4.78, 5) is 8.84. The van der Waals surface area contributed by atoms with Gasteiger partial charge in [0.25, 0.3) is 0 Å². The van der Waals surface area contributed by atoms with E-state index in [1.807, 2.05) is 13.1 Å². The predicted octanol–water partition coefficient (Wildman–Crippen LogP) is 3.12. The van der Waals surface area contributed by atoms with Crippen LogP contribution in [-0.2, 0) is 13.0 Å². The van der Waals surface area contributed by atoms with Gasteiger partial charge in [-0.15, -0.1) is 0 Å². The molecule has 2 N–H and O–H groups in total. The lowest BCUT2D eigenvalue weighted by Crippen LogP contribution is -2.31. The van der Waals surface area contributed by atoms with Crippen LogP contribution in [0, 0.1) is 24.4 Å². The van der Waals surface area contributed by atoms with Crippen molar-refractivity contribution >= 4 is 11.0 Å². The molecule has 0 amide bonds. The molecule has 1 aromatic carbocycles. The van der Waals surface area contributed by atoms with Crippen LogP contribution in [0.5, 0.6) is 0 Å². The zero-order valence-corrected chi connectivity index (χ0v) is 13.1. The lowest BCUT2D eigenvalue weighted by molar-refractivity contribution is 0.461. The van der Waals surface area contributed by atoms with E-state index in [0.717, 1.165) is 48.6 Å². The summed E-state index contributed by atoms with van der Waals surface area (Å²) in [5, 5.41) is 0. The second-order valence-corrected chi connectivity index (χ2v) is 5.81. The van der Waals surface area contributed by atoms with Gasteiger partial charge in [0.2, 0.25) is 0 Å². The maximum Gasteiger partial charge on any atom is 0.161 e. The largest absolute Gasteiger partial charge is 0.326 e. The van der Waals surface area contributed by atoms with E-state index in [4.69, 9.17) is 5.73 Å². The number of aromatic nitrogens is 3. The molecule has 0 unspecified atom stereocenters. The molecule has 1 aliphatic heterocycles. The van der Waals surface area contributed by atoms with Crippen LogP contribution in [-0.4, -0.2) is 20.6 Å². The zero-order valence-electron chi connectivity index (χ0n) is 13.1. The van der Waals surface area contributed by atoms with E-state index in [9.17, 15) is 13.2 Å². The third kappa shape index (κ3) is 3.41. The molecule has 0 fully saturated rings. The number of benzene rings is 1. The fraction of sp³-hybridized carbons (Fsp3) is 0.294. The number of hydrogen-bond donors (Lipinski definition) is 1. The van der Waals surface area contributed by atoms with Crippen LogP contribution in [0.3, 0.4) is 0 Å². The summed E-state index contributed by atoms with van der Waals surface area (Å²) in [5.41, 5.74) is 9.17. The summed E-state index contributed by atoms with van der Waals surface area (Å²) in [6, 6.07) is 4.45. The standard InChI is InChI=1S/C11H14N4.C6H3F3/c1-7-4-10-9(5-13-7)14-11-3-2-8(12)6-15(10)11;7-4-1-2-5(8)6(9)3-4/h4-5,8H,2-3,6,12H2,1H3;1-3H/t8-;/m1./s1. The van der Waals surface area contributed by atoms with Crippen LogP contribution in [0.2, 0.25) is 0 Å². The molecule has 1 aliphatic rings. The second-order valence-electron chi connectivity index (χ2n) is 5.81. The van der Waals surface area contributed by atoms with E-state index >= 15 is 0 Å². The Morgan fingerprint density at radius 1 is 1.17 bits per heavy atom. The Kier molecular flexibility index (Phi) is 4.53. The normalized spacial score (nSPS) is 16.5. The first-order valence-corrected chi connectivity index (χ1v) is 7.62. The molecule has 126 valence electrons. The van der Waals surface area contributed by atoms with Crippen LogP contribution in [0.15, 0.2) is 30.5 Å². The van der Waals surface area contributed by atoms with Crippen LogP contribution in [0.4, 0.5) is 13.2 Å². The number of imidazole rings is 1. The van der Waals surface area contributed by atoms with E-state index < -0.39 is 17.5 Å². The monoisotopic (exact) mass is 334 g/mol. The molecule has 0 spiro atoms. The number of nitrogens with two attached hydrogens (primary N) is 1. The molecule has 24 heavy (non-hydrogen) atoms. The topological polar surface area (TPSA) is 56.7 Å². The van der Waals surface area contributed by atoms with E-state index in [-0.39, 0.29) is 6.04 Å². The van der Waals surface area contributed by atoms with Gasteiger partial charge in [-0.2, -0.15) is 0 Å². The molecule has 3 heterocycles. The quantitative estimate of drug-likeness (QED) is 0.643. The number of halogens is 3. The van der Waals surface area contributed by atoms with Gasteiger partial charge in [0.1, 0.15) is 17.2 Å². The second kappa shape index (κ2) is 6.60. The molecule has 7 heteroatoms. The van der Waals surface area contributed by atoms with Gasteiger partial charge in [-0.25, -0.2) is 18.2 Å². The molecule has 3 aromatic rings. The summed E-state index contributed by atoms with van der Waals surface area (Å²) in [6.45, 7) is 2.89. The highest BCUT2D eigenvalue weighted by molar-refractivity contribution is 5.75.